The Morgan fingerprint density at radius 3 is 2.87 bits per heavy atom. The average Bonchev–Trinajstić information content (AvgIpc) is 3.03. The van der Waals surface area contributed by atoms with Crippen LogP contribution in [0.5, 0.6) is 0 Å². The Morgan fingerprint density at radius 1 is 1.47 bits per heavy atom. The zero-order valence-corrected chi connectivity index (χ0v) is 9.29. The molecule has 4 nitrogen and oxygen atoms in total. The van der Waals surface area contributed by atoms with Gasteiger partial charge in [0.15, 0.2) is 0 Å². The van der Waals surface area contributed by atoms with Gasteiger partial charge in [-0.1, -0.05) is 0 Å². The second-order valence-corrected chi connectivity index (χ2v) is 4.53. The molecule has 2 N–H and O–H groups in total. The molecule has 0 aromatic rings. The van der Waals surface area contributed by atoms with Crippen LogP contribution in [0.25, 0.3) is 0 Å². The highest BCUT2D eigenvalue weighted by molar-refractivity contribution is 5.80. The number of nitrogens with one attached hydrogen (secondary N) is 2. The summed E-state index contributed by atoms with van der Waals surface area (Å²) in [6.45, 7) is 3.79. The van der Waals surface area contributed by atoms with Crippen molar-refractivity contribution in [3.05, 3.63) is 0 Å². The fourth-order valence-corrected chi connectivity index (χ4v) is 1.83. The van der Waals surface area contributed by atoms with Crippen LogP contribution in [-0.2, 0) is 9.53 Å². The van der Waals surface area contributed by atoms with Gasteiger partial charge in [-0.25, -0.2) is 0 Å². The predicted octanol–water partition coefficient (Wildman–Crippen LogP) is 0.422. The van der Waals surface area contributed by atoms with E-state index >= 15 is 0 Å². The maximum Gasteiger partial charge on any atom is 0.249 e. The van der Waals surface area contributed by atoms with Crippen LogP contribution < -0.4 is 10.6 Å². The first-order chi connectivity index (χ1) is 7.25. The Labute approximate surface area is 90.8 Å². The molecule has 86 valence electrons. The summed E-state index contributed by atoms with van der Waals surface area (Å²) < 4.78 is 5.71. The van der Waals surface area contributed by atoms with Crippen molar-refractivity contribution in [2.75, 3.05) is 13.1 Å². The molecule has 1 saturated heterocycles. The normalized spacial score (nSPS) is 28.5. The zero-order chi connectivity index (χ0) is 10.7. The van der Waals surface area contributed by atoms with Crippen molar-refractivity contribution < 1.29 is 9.53 Å². The highest BCUT2D eigenvalue weighted by atomic mass is 16.5. The second-order valence-electron chi connectivity index (χ2n) is 4.53. The number of hydrogen-bond donors (Lipinski definition) is 2. The fraction of sp³-hybridized carbons (Fsp3) is 0.909. The highest BCUT2D eigenvalue weighted by Gasteiger charge is 2.27. The van der Waals surface area contributed by atoms with Gasteiger partial charge in [0, 0.05) is 12.6 Å². The van der Waals surface area contributed by atoms with Crippen LogP contribution in [0, 0.1) is 0 Å². The molecule has 0 bridgehead atoms. The average molecular weight is 212 g/mol. The molecule has 0 aromatic heterocycles. The second kappa shape index (κ2) is 4.94. The lowest BCUT2D eigenvalue weighted by molar-refractivity contribution is -0.136. The third kappa shape index (κ3) is 3.47. The van der Waals surface area contributed by atoms with E-state index in [1.165, 1.54) is 0 Å². The number of carbonyl (C=O) groups excluding carboxylic acids is 1. The van der Waals surface area contributed by atoms with Gasteiger partial charge in [-0.05, 0) is 39.2 Å². The lowest BCUT2D eigenvalue weighted by atomic mass is 10.1. The monoisotopic (exact) mass is 212 g/mol. The first-order valence-corrected chi connectivity index (χ1v) is 5.92. The Kier molecular flexibility index (Phi) is 3.59. The van der Waals surface area contributed by atoms with Crippen molar-refractivity contribution in [3.63, 3.8) is 0 Å². The van der Waals surface area contributed by atoms with E-state index in [4.69, 9.17) is 4.74 Å². The molecule has 15 heavy (non-hydrogen) atoms. The van der Waals surface area contributed by atoms with Gasteiger partial charge < -0.3 is 15.4 Å². The quantitative estimate of drug-likeness (QED) is 0.710. The lowest BCUT2D eigenvalue weighted by Gasteiger charge is -2.25. The maximum atomic E-state index is 11.6. The van der Waals surface area contributed by atoms with Gasteiger partial charge in [0.2, 0.25) is 5.91 Å². The molecule has 1 aliphatic heterocycles. The maximum absolute atomic E-state index is 11.6. The predicted molar refractivity (Wildman–Crippen MR) is 57.6 cm³/mol. The van der Waals surface area contributed by atoms with E-state index in [1.54, 1.807) is 0 Å². The molecule has 1 saturated carbocycles. The van der Waals surface area contributed by atoms with Crippen LogP contribution in [0.3, 0.4) is 0 Å². The van der Waals surface area contributed by atoms with E-state index in [0.717, 1.165) is 38.8 Å². The Hall–Kier alpha value is -0.610. The molecule has 4 heteroatoms. The molecular weight excluding hydrogens is 192 g/mol. The summed E-state index contributed by atoms with van der Waals surface area (Å²) in [5.41, 5.74) is 0. The Bertz CT molecular complexity index is 223. The van der Waals surface area contributed by atoms with E-state index in [1.807, 2.05) is 6.92 Å². The molecule has 2 atom stereocenters. The van der Waals surface area contributed by atoms with Crippen LogP contribution in [0.4, 0.5) is 0 Å². The van der Waals surface area contributed by atoms with Crippen LogP contribution in [0.2, 0.25) is 0 Å². The summed E-state index contributed by atoms with van der Waals surface area (Å²) in [6.07, 6.45) is 4.36. The third-order valence-electron chi connectivity index (χ3n) is 2.94. The number of amides is 1. The van der Waals surface area contributed by atoms with Gasteiger partial charge in [0.05, 0.1) is 6.10 Å². The minimum atomic E-state index is -0.310. The summed E-state index contributed by atoms with van der Waals surface area (Å²) in [4.78, 5) is 11.6. The molecular formula is C11H20N2O2. The Morgan fingerprint density at radius 2 is 2.27 bits per heavy atom. The van der Waals surface area contributed by atoms with Crippen molar-refractivity contribution in [2.24, 2.45) is 0 Å². The number of piperidine rings is 1. The first kappa shape index (κ1) is 10.9. The number of ether oxygens (including phenoxy) is 1. The van der Waals surface area contributed by atoms with E-state index in [9.17, 15) is 4.79 Å². The summed E-state index contributed by atoms with van der Waals surface area (Å²) in [5.74, 6) is 0.0445. The summed E-state index contributed by atoms with van der Waals surface area (Å²) in [5, 5.41) is 6.23. The van der Waals surface area contributed by atoms with Gasteiger partial charge in [-0.3, -0.25) is 4.79 Å². The minimum absolute atomic E-state index is 0.0445. The third-order valence-corrected chi connectivity index (χ3v) is 2.94. The molecule has 2 aliphatic rings. The SMILES string of the molecule is CC(O[C@H]1CCCNC1)C(=O)NC1CC1. The van der Waals surface area contributed by atoms with Crippen LogP contribution in [-0.4, -0.2) is 37.2 Å². The first-order valence-electron chi connectivity index (χ1n) is 5.92. The van der Waals surface area contributed by atoms with E-state index < -0.39 is 0 Å². The molecule has 2 rings (SSSR count). The van der Waals surface area contributed by atoms with Gasteiger partial charge >= 0.3 is 0 Å². The standard InChI is InChI=1S/C11H20N2O2/c1-8(11(14)13-9-4-5-9)15-10-3-2-6-12-7-10/h8-10,12H,2-7H2,1H3,(H,13,14)/t8?,10-/m0/s1. The molecule has 1 unspecified atom stereocenters. The van der Waals surface area contributed by atoms with E-state index in [0.29, 0.717) is 6.04 Å². The van der Waals surface area contributed by atoms with Crippen molar-refractivity contribution in [1.29, 1.82) is 0 Å². The van der Waals surface area contributed by atoms with E-state index in [-0.39, 0.29) is 18.1 Å². The lowest BCUT2D eigenvalue weighted by Crippen LogP contribution is -2.42. The summed E-state index contributed by atoms with van der Waals surface area (Å²) in [7, 11) is 0. The number of carbonyl (C=O) groups is 1. The molecule has 0 radical (unpaired) electrons. The smallest absolute Gasteiger partial charge is 0.249 e. The van der Waals surface area contributed by atoms with Gasteiger partial charge in [-0.15, -0.1) is 0 Å². The highest BCUT2D eigenvalue weighted by Crippen LogP contribution is 2.19. The van der Waals surface area contributed by atoms with E-state index in [2.05, 4.69) is 10.6 Å². The van der Waals surface area contributed by atoms with Crippen LogP contribution >= 0.6 is 0 Å². The van der Waals surface area contributed by atoms with Gasteiger partial charge in [0.1, 0.15) is 6.10 Å². The van der Waals surface area contributed by atoms with Gasteiger partial charge in [-0.2, -0.15) is 0 Å². The number of hydrogen-bond acceptors (Lipinski definition) is 3. The Balaban J connectivity index is 1.69. The van der Waals surface area contributed by atoms with Gasteiger partial charge in [0.25, 0.3) is 0 Å². The number of rotatable bonds is 4. The topological polar surface area (TPSA) is 50.4 Å². The molecule has 2 fully saturated rings. The minimum Gasteiger partial charge on any atom is -0.364 e. The van der Waals surface area contributed by atoms with Crippen LogP contribution in [0.1, 0.15) is 32.6 Å². The van der Waals surface area contributed by atoms with Crippen LogP contribution in [0.15, 0.2) is 0 Å². The van der Waals surface area contributed by atoms with Crippen molar-refractivity contribution in [2.45, 2.75) is 50.9 Å². The largest absolute Gasteiger partial charge is 0.364 e. The molecule has 0 aromatic carbocycles. The summed E-state index contributed by atoms with van der Waals surface area (Å²) >= 11 is 0. The molecule has 1 aliphatic carbocycles. The molecule has 1 amide bonds. The van der Waals surface area contributed by atoms with Crippen molar-refractivity contribution in [3.8, 4) is 0 Å². The molecule has 1 heterocycles. The van der Waals surface area contributed by atoms with Crippen molar-refractivity contribution >= 4 is 5.91 Å². The zero-order valence-electron chi connectivity index (χ0n) is 9.29. The molecule has 0 spiro atoms. The van der Waals surface area contributed by atoms with Crippen molar-refractivity contribution in [1.82, 2.24) is 10.6 Å². The fourth-order valence-electron chi connectivity index (χ4n) is 1.83. The summed E-state index contributed by atoms with van der Waals surface area (Å²) in [6, 6.07) is 0.424.